The average Bonchev–Trinajstić information content (AvgIpc) is 3.10. The molecule has 0 aliphatic carbocycles. The van der Waals surface area contributed by atoms with Gasteiger partial charge in [-0.15, -0.1) is 12.4 Å². The molecule has 2 fully saturated rings. The number of hydrogen-bond acceptors (Lipinski definition) is 3. The lowest BCUT2D eigenvalue weighted by atomic mass is 9.68. The lowest BCUT2D eigenvalue weighted by molar-refractivity contribution is -0.159. The Morgan fingerprint density at radius 1 is 1.09 bits per heavy atom. The highest BCUT2D eigenvalue weighted by atomic mass is 35.5. The number of nitrogens with zero attached hydrogens (tertiary/aromatic N) is 2. The number of aliphatic hydroxyl groups is 1. The van der Waals surface area contributed by atoms with Gasteiger partial charge in [-0.3, -0.25) is 9.69 Å². The largest absolute Gasteiger partial charge is 0.389 e. The second-order valence-electron chi connectivity index (χ2n) is 11.0. The molecule has 2 unspecified atom stereocenters. The fourth-order valence-electron chi connectivity index (χ4n) is 5.79. The van der Waals surface area contributed by atoms with Gasteiger partial charge in [0.25, 0.3) is 0 Å². The van der Waals surface area contributed by atoms with Crippen molar-refractivity contribution in [1.29, 1.82) is 0 Å². The van der Waals surface area contributed by atoms with Gasteiger partial charge in [0, 0.05) is 55.5 Å². The third-order valence-corrected chi connectivity index (χ3v) is 7.75. The van der Waals surface area contributed by atoms with Crippen LogP contribution in [-0.2, 0) is 4.79 Å². The molecule has 1 aromatic carbocycles. The second-order valence-corrected chi connectivity index (χ2v) is 11.0. The summed E-state index contributed by atoms with van der Waals surface area (Å²) in [5, 5.41) is 11.3. The van der Waals surface area contributed by atoms with E-state index in [-0.39, 0.29) is 47.5 Å². The van der Waals surface area contributed by atoms with Gasteiger partial charge in [0.2, 0.25) is 5.91 Å². The van der Waals surface area contributed by atoms with E-state index in [2.05, 4.69) is 25.7 Å². The van der Waals surface area contributed by atoms with E-state index in [9.17, 15) is 18.7 Å². The number of halogens is 3. The Morgan fingerprint density at radius 3 is 2.12 bits per heavy atom. The minimum atomic E-state index is -0.813. The van der Waals surface area contributed by atoms with Gasteiger partial charge in [-0.05, 0) is 38.3 Å². The summed E-state index contributed by atoms with van der Waals surface area (Å²) in [6.07, 6.45) is 0. The maximum absolute atomic E-state index is 14.7. The van der Waals surface area contributed by atoms with Crippen LogP contribution in [-0.4, -0.2) is 58.1 Å². The van der Waals surface area contributed by atoms with Crippen LogP contribution < -0.4 is 0 Å². The molecule has 1 N–H and O–H groups in total. The smallest absolute Gasteiger partial charge is 0.227 e. The van der Waals surface area contributed by atoms with Gasteiger partial charge in [0.1, 0.15) is 11.6 Å². The van der Waals surface area contributed by atoms with Gasteiger partial charge in [-0.1, -0.05) is 33.8 Å². The molecule has 2 saturated heterocycles. The Hall–Kier alpha value is -1.24. The molecule has 0 radical (unpaired) electrons. The Morgan fingerprint density at radius 2 is 1.66 bits per heavy atom. The first-order valence-corrected chi connectivity index (χ1v) is 11.5. The molecule has 4 nitrogen and oxygen atoms in total. The van der Waals surface area contributed by atoms with E-state index >= 15 is 0 Å². The standard InChI is InChI=1S/C25H38F2N2O2.ClH/c1-15(2)25(31)16(3)11-28(12-17(25)4)23(30)21-14-29(24(5,6)7)13-20(21)19-9-8-18(26)10-22(19)27;/h8-10,15-17,20-21,31H,11-14H2,1-7H3;1H/t16?,17?,20-,21+,25?;/m0./s1. The maximum atomic E-state index is 14.7. The molecule has 2 heterocycles. The number of hydrogen-bond donors (Lipinski definition) is 1. The van der Waals surface area contributed by atoms with Crippen molar-refractivity contribution in [3.8, 4) is 0 Å². The van der Waals surface area contributed by atoms with Crippen LogP contribution in [0.4, 0.5) is 8.78 Å². The Labute approximate surface area is 197 Å². The summed E-state index contributed by atoms with van der Waals surface area (Å²) in [6, 6.07) is 3.67. The molecule has 2 aliphatic rings. The normalized spacial score (nSPS) is 31.7. The first kappa shape index (κ1) is 27.0. The topological polar surface area (TPSA) is 43.8 Å². The summed E-state index contributed by atoms with van der Waals surface area (Å²) < 4.78 is 28.2. The van der Waals surface area contributed by atoms with Gasteiger partial charge < -0.3 is 10.0 Å². The van der Waals surface area contributed by atoms with Crippen molar-refractivity contribution in [3.63, 3.8) is 0 Å². The van der Waals surface area contributed by atoms with Crippen molar-refractivity contribution < 1.29 is 18.7 Å². The molecular formula is C25H39ClF2N2O2. The van der Waals surface area contributed by atoms with E-state index < -0.39 is 23.2 Å². The number of amides is 1. The quantitative estimate of drug-likeness (QED) is 0.693. The third-order valence-electron chi connectivity index (χ3n) is 7.75. The van der Waals surface area contributed by atoms with Crippen LogP contribution in [0, 0.1) is 35.3 Å². The van der Waals surface area contributed by atoms with Crippen molar-refractivity contribution in [2.75, 3.05) is 26.2 Å². The van der Waals surface area contributed by atoms with E-state index in [0.717, 1.165) is 6.07 Å². The molecule has 4 atom stereocenters. The minimum absolute atomic E-state index is 0. The average molecular weight is 473 g/mol. The van der Waals surface area contributed by atoms with Crippen LogP contribution in [0.15, 0.2) is 18.2 Å². The van der Waals surface area contributed by atoms with E-state index in [1.54, 1.807) is 0 Å². The van der Waals surface area contributed by atoms with Crippen molar-refractivity contribution in [3.05, 3.63) is 35.4 Å². The molecule has 32 heavy (non-hydrogen) atoms. The van der Waals surface area contributed by atoms with Crippen LogP contribution in [0.1, 0.15) is 59.9 Å². The highest BCUT2D eigenvalue weighted by Gasteiger charge is 2.50. The fraction of sp³-hybridized carbons (Fsp3) is 0.720. The fourth-order valence-corrected chi connectivity index (χ4v) is 5.79. The van der Waals surface area contributed by atoms with Crippen LogP contribution in [0.25, 0.3) is 0 Å². The van der Waals surface area contributed by atoms with Crippen LogP contribution in [0.5, 0.6) is 0 Å². The zero-order chi connectivity index (χ0) is 23.3. The molecular weight excluding hydrogens is 434 g/mol. The van der Waals surface area contributed by atoms with Crippen molar-refractivity contribution in [2.24, 2.45) is 23.7 Å². The number of likely N-dealkylation sites (tertiary alicyclic amines) is 2. The molecule has 3 rings (SSSR count). The van der Waals surface area contributed by atoms with Gasteiger partial charge in [-0.2, -0.15) is 0 Å². The second kappa shape index (κ2) is 9.55. The number of rotatable bonds is 3. The number of carbonyl (C=O) groups excluding carboxylic acids is 1. The summed E-state index contributed by atoms with van der Waals surface area (Å²) in [7, 11) is 0. The van der Waals surface area contributed by atoms with Crippen molar-refractivity contribution in [2.45, 2.75) is 65.5 Å². The predicted molar refractivity (Wildman–Crippen MR) is 126 cm³/mol. The first-order valence-electron chi connectivity index (χ1n) is 11.5. The van der Waals surface area contributed by atoms with Gasteiger partial charge in [-0.25, -0.2) is 8.78 Å². The summed E-state index contributed by atoms with van der Waals surface area (Å²) in [5.41, 5.74) is -0.570. The molecule has 0 saturated carbocycles. The minimum Gasteiger partial charge on any atom is -0.389 e. The van der Waals surface area contributed by atoms with E-state index in [0.29, 0.717) is 31.7 Å². The zero-order valence-corrected chi connectivity index (χ0v) is 21.2. The highest BCUT2D eigenvalue weighted by Crippen LogP contribution is 2.42. The molecule has 1 aromatic rings. The number of benzene rings is 1. The number of piperidine rings is 1. The monoisotopic (exact) mass is 472 g/mol. The first-order chi connectivity index (χ1) is 14.3. The maximum Gasteiger partial charge on any atom is 0.227 e. The molecule has 1 amide bonds. The van der Waals surface area contributed by atoms with Crippen molar-refractivity contribution >= 4 is 18.3 Å². The summed E-state index contributed by atoms with van der Waals surface area (Å²) in [5.74, 6) is -1.94. The molecule has 0 aromatic heterocycles. The van der Waals surface area contributed by atoms with Crippen LogP contribution in [0.3, 0.4) is 0 Å². The van der Waals surface area contributed by atoms with Crippen LogP contribution >= 0.6 is 12.4 Å². The van der Waals surface area contributed by atoms with Crippen LogP contribution in [0.2, 0.25) is 0 Å². The lowest BCUT2D eigenvalue weighted by Gasteiger charge is -2.50. The molecule has 0 spiro atoms. The summed E-state index contributed by atoms with van der Waals surface area (Å²) >= 11 is 0. The van der Waals surface area contributed by atoms with Crippen molar-refractivity contribution in [1.82, 2.24) is 9.80 Å². The van der Waals surface area contributed by atoms with Gasteiger partial charge >= 0.3 is 0 Å². The van der Waals surface area contributed by atoms with E-state index in [1.165, 1.54) is 12.1 Å². The van der Waals surface area contributed by atoms with Gasteiger partial charge in [0.15, 0.2) is 0 Å². The van der Waals surface area contributed by atoms with Gasteiger partial charge in [0.05, 0.1) is 11.5 Å². The van der Waals surface area contributed by atoms with E-state index in [1.807, 2.05) is 32.6 Å². The Balaban J connectivity index is 0.00000363. The Bertz CT molecular complexity index is 815. The zero-order valence-electron chi connectivity index (χ0n) is 20.4. The SMILES string of the molecule is CC(C)C1(O)C(C)CN(C(=O)[C@@H]2CN(C(C)(C)C)C[C@H]2c2ccc(F)cc2F)CC1C.Cl. The summed E-state index contributed by atoms with van der Waals surface area (Å²) in [4.78, 5) is 17.8. The lowest BCUT2D eigenvalue weighted by Crippen LogP contribution is -2.61. The predicted octanol–water partition coefficient (Wildman–Crippen LogP) is 4.70. The molecule has 2 aliphatic heterocycles. The number of carbonyl (C=O) groups is 1. The van der Waals surface area contributed by atoms with E-state index in [4.69, 9.17) is 0 Å². The Kier molecular flexibility index (Phi) is 8.06. The summed E-state index contributed by atoms with van der Waals surface area (Å²) in [6.45, 7) is 16.4. The molecule has 7 heteroatoms. The highest BCUT2D eigenvalue weighted by molar-refractivity contribution is 5.85. The third kappa shape index (κ3) is 4.83. The molecule has 182 valence electrons. The molecule has 0 bridgehead atoms.